The van der Waals surface area contributed by atoms with Gasteiger partial charge in [-0.15, -0.1) is 0 Å². The first-order valence-electron chi connectivity index (χ1n) is 10.4. The lowest BCUT2D eigenvalue weighted by atomic mass is 9.85. The number of hydrogen-bond donors (Lipinski definition) is 2. The number of rotatable bonds is 4. The predicted molar refractivity (Wildman–Crippen MR) is 118 cm³/mol. The Labute approximate surface area is 172 Å². The highest BCUT2D eigenvalue weighted by atomic mass is 16.5. The van der Waals surface area contributed by atoms with Crippen LogP contribution in [-0.2, 0) is 23.1 Å². The normalized spacial score (nSPS) is 16.5. The maximum atomic E-state index is 12.6. The molecule has 4 heteroatoms. The first-order valence-corrected chi connectivity index (χ1v) is 10.4. The first kappa shape index (κ1) is 19.6. The van der Waals surface area contributed by atoms with Gasteiger partial charge in [-0.05, 0) is 48.4 Å². The van der Waals surface area contributed by atoms with E-state index in [2.05, 4.69) is 68.3 Å². The van der Waals surface area contributed by atoms with Crippen molar-refractivity contribution in [1.29, 1.82) is 0 Å². The molecule has 152 valence electrons. The van der Waals surface area contributed by atoms with E-state index in [9.17, 15) is 4.79 Å². The molecule has 1 atom stereocenters. The predicted octanol–water partition coefficient (Wildman–Crippen LogP) is 4.83. The highest BCUT2D eigenvalue weighted by molar-refractivity contribution is 5.85. The van der Waals surface area contributed by atoms with E-state index in [-0.39, 0.29) is 24.0 Å². The molecule has 0 saturated carbocycles. The maximum Gasteiger partial charge on any atom is 0.258 e. The van der Waals surface area contributed by atoms with Crippen molar-refractivity contribution < 1.29 is 9.53 Å². The van der Waals surface area contributed by atoms with Crippen LogP contribution >= 0.6 is 0 Å². The Hall–Kier alpha value is -2.75. The Morgan fingerprint density at radius 1 is 1.21 bits per heavy atom. The molecule has 1 aromatic heterocycles. The number of aromatic nitrogens is 1. The molecule has 29 heavy (non-hydrogen) atoms. The molecule has 4 nitrogen and oxygen atoms in total. The number of hydrogen-bond acceptors (Lipinski definition) is 2. The lowest BCUT2D eigenvalue weighted by molar-refractivity contribution is -0.123. The molecular weight excluding hydrogens is 360 g/mol. The molecule has 1 aliphatic carbocycles. The van der Waals surface area contributed by atoms with Gasteiger partial charge in [0.1, 0.15) is 5.75 Å². The van der Waals surface area contributed by atoms with Gasteiger partial charge in [-0.25, -0.2) is 0 Å². The average molecular weight is 391 g/mol. The van der Waals surface area contributed by atoms with E-state index in [1.807, 2.05) is 12.1 Å². The molecule has 1 heterocycles. The number of para-hydroxylation sites is 1. The third-order valence-electron chi connectivity index (χ3n) is 5.76. The molecule has 0 fully saturated rings. The van der Waals surface area contributed by atoms with Crippen molar-refractivity contribution in [3.05, 3.63) is 64.8 Å². The van der Waals surface area contributed by atoms with Crippen molar-refractivity contribution in [3.8, 4) is 5.75 Å². The summed E-state index contributed by atoms with van der Waals surface area (Å²) in [4.78, 5) is 16.1. The molecule has 1 amide bonds. The zero-order valence-corrected chi connectivity index (χ0v) is 17.8. The lowest BCUT2D eigenvalue weighted by Crippen LogP contribution is -2.41. The quantitative estimate of drug-likeness (QED) is 0.671. The fraction of sp³-hybridized carbons (Fsp3) is 0.400. The third-order valence-corrected chi connectivity index (χ3v) is 5.76. The Morgan fingerprint density at radius 3 is 2.79 bits per heavy atom. The highest BCUT2D eigenvalue weighted by Gasteiger charge is 2.24. The van der Waals surface area contributed by atoms with Gasteiger partial charge >= 0.3 is 0 Å². The van der Waals surface area contributed by atoms with Crippen molar-refractivity contribution in [2.75, 3.05) is 6.61 Å². The fourth-order valence-electron chi connectivity index (χ4n) is 4.27. The van der Waals surface area contributed by atoms with Crippen molar-refractivity contribution >= 4 is 16.8 Å². The van der Waals surface area contributed by atoms with Crippen LogP contribution in [0.15, 0.2) is 42.5 Å². The number of amides is 1. The average Bonchev–Trinajstić information content (AvgIpc) is 3.04. The van der Waals surface area contributed by atoms with E-state index in [4.69, 9.17) is 4.74 Å². The zero-order chi connectivity index (χ0) is 20.6. The van der Waals surface area contributed by atoms with Gasteiger partial charge in [0.25, 0.3) is 5.91 Å². The molecule has 0 saturated heterocycles. The van der Waals surface area contributed by atoms with Crippen LogP contribution in [0.3, 0.4) is 0 Å². The molecule has 2 aromatic carbocycles. The summed E-state index contributed by atoms with van der Waals surface area (Å²) in [7, 11) is 0. The number of carbonyl (C=O) groups is 1. The van der Waals surface area contributed by atoms with Gasteiger partial charge in [-0.1, -0.05) is 56.7 Å². The molecule has 0 aliphatic heterocycles. The second-order valence-corrected chi connectivity index (χ2v) is 9.17. The summed E-state index contributed by atoms with van der Waals surface area (Å²) in [6.07, 6.45) is 2.78. The fourth-order valence-corrected chi connectivity index (χ4v) is 4.27. The molecule has 3 aromatic rings. The molecule has 1 aliphatic rings. The summed E-state index contributed by atoms with van der Waals surface area (Å²) in [5, 5.41) is 4.47. The summed E-state index contributed by atoms with van der Waals surface area (Å²) >= 11 is 0. The van der Waals surface area contributed by atoms with E-state index in [1.165, 1.54) is 27.7 Å². The van der Waals surface area contributed by atoms with Gasteiger partial charge in [0.05, 0.1) is 0 Å². The van der Waals surface area contributed by atoms with Crippen LogP contribution in [0.5, 0.6) is 5.75 Å². The number of carbonyl (C=O) groups excluding carboxylic acids is 1. The van der Waals surface area contributed by atoms with Crippen LogP contribution in [0.1, 0.15) is 49.6 Å². The summed E-state index contributed by atoms with van der Waals surface area (Å²) in [6.45, 7) is 8.60. The van der Waals surface area contributed by atoms with Crippen LogP contribution in [0.2, 0.25) is 0 Å². The Kier molecular flexibility index (Phi) is 5.12. The van der Waals surface area contributed by atoms with Crippen LogP contribution in [0, 0.1) is 6.92 Å². The van der Waals surface area contributed by atoms with Crippen LogP contribution in [0.25, 0.3) is 10.9 Å². The minimum absolute atomic E-state index is 0.0345. The summed E-state index contributed by atoms with van der Waals surface area (Å²) in [5.41, 5.74) is 6.12. The summed E-state index contributed by atoms with van der Waals surface area (Å²) in [5.74, 6) is 0.731. The Morgan fingerprint density at radius 2 is 2.00 bits per heavy atom. The standard InChI is InChI=1S/C25H30N2O2/c1-16-9-12-23(20(13-16)25(2,3)4)29-15-24(28)26-17-10-11-19-18-7-5-6-8-21(18)27-22(19)14-17/h5-9,12-13,17,27H,10-11,14-15H2,1-4H3,(H,26,28). The number of aryl methyl sites for hydroxylation is 2. The molecule has 4 rings (SSSR count). The van der Waals surface area contributed by atoms with Crippen LogP contribution in [-0.4, -0.2) is 23.5 Å². The van der Waals surface area contributed by atoms with Gasteiger partial charge in [0, 0.05) is 29.1 Å². The number of ether oxygens (including phenoxy) is 1. The van der Waals surface area contributed by atoms with Gasteiger partial charge in [0.15, 0.2) is 6.61 Å². The van der Waals surface area contributed by atoms with E-state index in [0.29, 0.717) is 0 Å². The number of benzene rings is 2. The number of nitrogens with one attached hydrogen (secondary N) is 2. The SMILES string of the molecule is Cc1ccc(OCC(=O)NC2CCc3c([nH]c4ccccc34)C2)c(C(C)(C)C)c1. The van der Waals surface area contributed by atoms with Crippen LogP contribution < -0.4 is 10.1 Å². The van der Waals surface area contributed by atoms with Gasteiger partial charge in [-0.2, -0.15) is 0 Å². The molecule has 2 N–H and O–H groups in total. The second kappa shape index (κ2) is 7.58. The van der Waals surface area contributed by atoms with E-state index in [0.717, 1.165) is 30.6 Å². The van der Waals surface area contributed by atoms with E-state index >= 15 is 0 Å². The number of aromatic amines is 1. The van der Waals surface area contributed by atoms with Crippen molar-refractivity contribution in [1.82, 2.24) is 10.3 Å². The summed E-state index contributed by atoms with van der Waals surface area (Å²) < 4.78 is 5.92. The van der Waals surface area contributed by atoms with Gasteiger partial charge in [-0.3, -0.25) is 4.79 Å². The van der Waals surface area contributed by atoms with E-state index in [1.54, 1.807) is 0 Å². The van der Waals surface area contributed by atoms with Crippen LogP contribution in [0.4, 0.5) is 0 Å². The molecule has 0 bridgehead atoms. The monoisotopic (exact) mass is 390 g/mol. The lowest BCUT2D eigenvalue weighted by Gasteiger charge is -2.25. The largest absolute Gasteiger partial charge is 0.483 e. The second-order valence-electron chi connectivity index (χ2n) is 9.17. The minimum Gasteiger partial charge on any atom is -0.483 e. The summed E-state index contributed by atoms with van der Waals surface area (Å²) in [6, 6.07) is 14.7. The topological polar surface area (TPSA) is 54.1 Å². The van der Waals surface area contributed by atoms with Crippen molar-refractivity contribution in [2.45, 2.75) is 58.4 Å². The number of fused-ring (bicyclic) bond motifs is 3. The Bertz CT molecular complexity index is 1040. The zero-order valence-electron chi connectivity index (χ0n) is 17.8. The van der Waals surface area contributed by atoms with E-state index < -0.39 is 0 Å². The molecular formula is C25H30N2O2. The van der Waals surface area contributed by atoms with Gasteiger partial charge in [0.2, 0.25) is 0 Å². The number of H-pyrrole nitrogens is 1. The maximum absolute atomic E-state index is 12.6. The Balaban J connectivity index is 1.39. The first-order chi connectivity index (χ1) is 13.8. The third kappa shape index (κ3) is 4.16. The van der Waals surface area contributed by atoms with Crippen molar-refractivity contribution in [3.63, 3.8) is 0 Å². The smallest absolute Gasteiger partial charge is 0.258 e. The van der Waals surface area contributed by atoms with Gasteiger partial charge < -0.3 is 15.0 Å². The molecule has 0 radical (unpaired) electrons. The minimum atomic E-state index is -0.0602. The molecule has 1 unspecified atom stereocenters. The highest BCUT2D eigenvalue weighted by Crippen LogP contribution is 2.32. The molecule has 0 spiro atoms. The van der Waals surface area contributed by atoms with Crippen molar-refractivity contribution in [2.24, 2.45) is 0 Å².